The number of nitrogens with zero attached hydrogens (tertiary/aromatic N) is 3. The van der Waals surface area contributed by atoms with Crippen molar-refractivity contribution >= 4 is 21.8 Å². The highest BCUT2D eigenvalue weighted by atomic mass is 32.2. The molecule has 3 rings (SSSR count). The molecule has 0 saturated carbocycles. The van der Waals surface area contributed by atoms with E-state index in [9.17, 15) is 26.4 Å². The van der Waals surface area contributed by atoms with Gasteiger partial charge in [0.25, 0.3) is 10.2 Å². The second-order valence-corrected chi connectivity index (χ2v) is 8.62. The molecule has 0 aliphatic carbocycles. The number of carbonyl (C=O) groups excluding carboxylic acids is 1. The summed E-state index contributed by atoms with van der Waals surface area (Å²) >= 11 is 0. The van der Waals surface area contributed by atoms with Crippen LogP contribution in [0.1, 0.15) is 29.3 Å². The van der Waals surface area contributed by atoms with Crippen molar-refractivity contribution in [1.29, 1.82) is 0 Å². The van der Waals surface area contributed by atoms with Gasteiger partial charge in [-0.2, -0.15) is 35.7 Å². The SMILES string of the molecule is Cc1nn(C)cc1[C@@H]1C[C@@H](C(=O)Nc2cccc(C(F)(F)F)c2)N(C)S(=O)(=O)N1. The van der Waals surface area contributed by atoms with Crippen molar-refractivity contribution in [2.45, 2.75) is 31.6 Å². The van der Waals surface area contributed by atoms with Crippen molar-refractivity contribution in [2.24, 2.45) is 7.05 Å². The van der Waals surface area contributed by atoms with Crippen molar-refractivity contribution < 1.29 is 26.4 Å². The van der Waals surface area contributed by atoms with Gasteiger partial charge in [-0.15, -0.1) is 0 Å². The molecular weight excluding hydrogens is 411 g/mol. The third-order valence-electron chi connectivity index (χ3n) is 4.76. The Labute approximate surface area is 165 Å². The van der Waals surface area contributed by atoms with Gasteiger partial charge in [-0.3, -0.25) is 9.48 Å². The summed E-state index contributed by atoms with van der Waals surface area (Å²) < 4.78 is 68.6. The lowest BCUT2D eigenvalue weighted by atomic mass is 10.00. The zero-order chi connectivity index (χ0) is 21.6. The summed E-state index contributed by atoms with van der Waals surface area (Å²) in [7, 11) is -1.05. The maximum Gasteiger partial charge on any atom is 0.416 e. The molecule has 2 atom stereocenters. The van der Waals surface area contributed by atoms with Crippen molar-refractivity contribution in [3.63, 3.8) is 0 Å². The number of aromatic nitrogens is 2. The molecule has 0 spiro atoms. The number of hydrogen-bond donors (Lipinski definition) is 2. The molecule has 1 aromatic carbocycles. The van der Waals surface area contributed by atoms with Gasteiger partial charge in [0.15, 0.2) is 0 Å². The summed E-state index contributed by atoms with van der Waals surface area (Å²) in [5.41, 5.74) is 0.261. The second kappa shape index (κ2) is 7.43. The molecule has 1 aliphatic heterocycles. The van der Waals surface area contributed by atoms with E-state index in [1.165, 1.54) is 23.9 Å². The zero-order valence-corrected chi connectivity index (χ0v) is 16.7. The van der Waals surface area contributed by atoms with Crippen LogP contribution >= 0.6 is 0 Å². The van der Waals surface area contributed by atoms with Gasteiger partial charge in [-0.25, -0.2) is 0 Å². The third-order valence-corrected chi connectivity index (χ3v) is 6.35. The molecular formula is C17H20F3N5O3S. The van der Waals surface area contributed by atoms with Crippen LogP contribution in [0.3, 0.4) is 0 Å². The number of rotatable bonds is 3. The molecule has 158 valence electrons. The van der Waals surface area contributed by atoms with E-state index >= 15 is 0 Å². The average molecular weight is 431 g/mol. The average Bonchev–Trinajstić information content (AvgIpc) is 2.95. The Kier molecular flexibility index (Phi) is 5.45. The number of hydrogen-bond acceptors (Lipinski definition) is 4. The third kappa shape index (κ3) is 4.43. The minimum Gasteiger partial charge on any atom is -0.325 e. The summed E-state index contributed by atoms with van der Waals surface area (Å²) in [6.07, 6.45) is -2.80. The number of benzene rings is 1. The molecule has 8 nitrogen and oxygen atoms in total. The number of carbonyl (C=O) groups is 1. The van der Waals surface area contributed by atoms with E-state index in [4.69, 9.17) is 0 Å². The van der Waals surface area contributed by atoms with Gasteiger partial charge in [-0.05, 0) is 31.5 Å². The Morgan fingerprint density at radius 3 is 2.59 bits per heavy atom. The van der Waals surface area contributed by atoms with Crippen molar-refractivity contribution in [3.8, 4) is 0 Å². The van der Waals surface area contributed by atoms with Crippen molar-refractivity contribution in [2.75, 3.05) is 12.4 Å². The fourth-order valence-corrected chi connectivity index (χ4v) is 4.54. The van der Waals surface area contributed by atoms with E-state index in [0.717, 1.165) is 16.4 Å². The Balaban J connectivity index is 1.86. The Morgan fingerprint density at radius 1 is 1.31 bits per heavy atom. The van der Waals surface area contributed by atoms with Crippen LogP contribution in [0.4, 0.5) is 18.9 Å². The van der Waals surface area contributed by atoms with Crippen LogP contribution in [0.15, 0.2) is 30.5 Å². The highest BCUT2D eigenvalue weighted by Gasteiger charge is 2.41. The normalized spacial score (nSPS) is 22.4. The predicted molar refractivity (Wildman–Crippen MR) is 99.0 cm³/mol. The topological polar surface area (TPSA) is 96.3 Å². The number of anilines is 1. The van der Waals surface area contributed by atoms with Crippen LogP contribution in [0.5, 0.6) is 0 Å². The molecule has 1 aromatic heterocycles. The molecule has 29 heavy (non-hydrogen) atoms. The van der Waals surface area contributed by atoms with Crippen molar-refractivity contribution in [3.05, 3.63) is 47.3 Å². The lowest BCUT2D eigenvalue weighted by Gasteiger charge is -2.36. The summed E-state index contributed by atoms with van der Waals surface area (Å²) in [6.45, 7) is 1.72. The Morgan fingerprint density at radius 2 is 2.00 bits per heavy atom. The van der Waals surface area contributed by atoms with E-state index < -0.39 is 39.9 Å². The molecule has 2 heterocycles. The van der Waals surface area contributed by atoms with Gasteiger partial charge >= 0.3 is 6.18 Å². The fourth-order valence-electron chi connectivity index (χ4n) is 3.27. The molecule has 1 saturated heterocycles. The zero-order valence-electron chi connectivity index (χ0n) is 15.9. The molecule has 0 bridgehead atoms. The number of amides is 1. The fraction of sp³-hybridized carbons (Fsp3) is 0.412. The van der Waals surface area contributed by atoms with Gasteiger partial charge in [-0.1, -0.05) is 6.07 Å². The Bertz CT molecular complexity index is 1040. The van der Waals surface area contributed by atoms with Crippen LogP contribution in [-0.4, -0.2) is 41.5 Å². The maximum absolute atomic E-state index is 12.9. The van der Waals surface area contributed by atoms with Crippen LogP contribution in [-0.2, 0) is 28.2 Å². The highest BCUT2D eigenvalue weighted by Crippen LogP contribution is 2.32. The lowest BCUT2D eigenvalue weighted by molar-refractivity contribution is -0.137. The summed E-state index contributed by atoms with van der Waals surface area (Å²) in [4.78, 5) is 12.7. The van der Waals surface area contributed by atoms with Crippen LogP contribution in [0.2, 0.25) is 0 Å². The van der Waals surface area contributed by atoms with Gasteiger partial charge < -0.3 is 5.32 Å². The monoisotopic (exact) mass is 431 g/mol. The molecule has 0 radical (unpaired) electrons. The minimum absolute atomic E-state index is 0.0664. The molecule has 1 fully saturated rings. The smallest absolute Gasteiger partial charge is 0.325 e. The van der Waals surface area contributed by atoms with Gasteiger partial charge in [0.2, 0.25) is 5.91 Å². The summed E-state index contributed by atoms with van der Waals surface area (Å²) in [5.74, 6) is -0.719. The first-order valence-electron chi connectivity index (χ1n) is 8.62. The van der Waals surface area contributed by atoms with E-state index in [2.05, 4.69) is 15.1 Å². The standard InChI is InChI=1S/C17H20F3N5O3S/c1-10-13(9-24(2)22-10)14-8-15(25(3)29(27,28)23-14)16(26)21-12-6-4-5-11(7-12)17(18,19)20/h4-7,9,14-15,23H,8H2,1-3H3,(H,21,26)/t14-,15-/m0/s1. The quantitative estimate of drug-likeness (QED) is 0.777. The molecule has 1 amide bonds. The van der Waals surface area contributed by atoms with Gasteiger partial charge in [0.1, 0.15) is 6.04 Å². The largest absolute Gasteiger partial charge is 0.416 e. The number of alkyl halides is 3. The number of halogens is 3. The predicted octanol–water partition coefficient (Wildman–Crippen LogP) is 1.97. The van der Waals surface area contributed by atoms with E-state index in [-0.39, 0.29) is 12.1 Å². The molecule has 0 unspecified atom stereocenters. The van der Waals surface area contributed by atoms with Gasteiger partial charge in [0, 0.05) is 31.5 Å². The molecule has 2 aromatic rings. The van der Waals surface area contributed by atoms with E-state index in [1.807, 2.05) is 0 Å². The summed E-state index contributed by atoms with van der Waals surface area (Å²) in [6, 6.07) is 2.37. The number of aryl methyl sites for hydroxylation is 2. The minimum atomic E-state index is -4.56. The molecule has 1 aliphatic rings. The van der Waals surface area contributed by atoms with E-state index in [1.54, 1.807) is 20.2 Å². The maximum atomic E-state index is 12.9. The van der Waals surface area contributed by atoms with Crippen LogP contribution in [0, 0.1) is 6.92 Å². The highest BCUT2D eigenvalue weighted by molar-refractivity contribution is 7.87. The molecule has 2 N–H and O–H groups in total. The first kappa shape index (κ1) is 21.3. The molecule has 12 heteroatoms. The van der Waals surface area contributed by atoms with E-state index in [0.29, 0.717) is 11.3 Å². The second-order valence-electron chi connectivity index (χ2n) is 6.85. The Hall–Kier alpha value is -2.44. The van der Waals surface area contributed by atoms with Gasteiger partial charge in [0.05, 0.1) is 17.3 Å². The van der Waals surface area contributed by atoms with Crippen molar-refractivity contribution in [1.82, 2.24) is 18.8 Å². The first-order chi connectivity index (χ1) is 13.4. The van der Waals surface area contributed by atoms with Crippen LogP contribution < -0.4 is 10.0 Å². The summed E-state index contributed by atoms with van der Waals surface area (Å²) in [5, 5.41) is 6.58. The number of likely N-dealkylation sites (N-methyl/N-ethyl adjacent to an activating group) is 1. The first-order valence-corrected chi connectivity index (χ1v) is 10.1. The number of nitrogens with one attached hydrogen (secondary N) is 2. The van der Waals surface area contributed by atoms with Crippen LogP contribution in [0.25, 0.3) is 0 Å². The lowest BCUT2D eigenvalue weighted by Crippen LogP contribution is -2.56.